The molecule has 0 heterocycles. The second-order valence-electron chi connectivity index (χ2n) is 4.24. The number of Topliss-reactive ketones (excluding diaryl/α,β-unsaturated/α-hetero) is 1. The Morgan fingerprint density at radius 2 is 2.15 bits per heavy atom. The molecule has 0 aliphatic heterocycles. The maximum atomic E-state index is 11.7. The molecule has 0 saturated heterocycles. The first-order valence-electron chi connectivity index (χ1n) is 5.01. The lowest BCUT2D eigenvalue weighted by Crippen LogP contribution is -2.46. The summed E-state index contributed by atoms with van der Waals surface area (Å²) in [6.07, 6.45) is 5.27. The van der Waals surface area contributed by atoms with Crippen molar-refractivity contribution in [3.05, 3.63) is 0 Å². The van der Waals surface area contributed by atoms with Crippen molar-refractivity contribution in [2.75, 3.05) is 0 Å². The Morgan fingerprint density at radius 1 is 1.38 bits per heavy atom. The van der Waals surface area contributed by atoms with E-state index in [0.29, 0.717) is 12.8 Å². The van der Waals surface area contributed by atoms with E-state index in [0.717, 1.165) is 25.7 Å². The molecule has 0 aromatic heterocycles. The maximum Gasteiger partial charge on any atom is 0.231 e. The number of rotatable bonds is 1. The Hall–Kier alpha value is -0.860. The largest absolute Gasteiger partial charge is 0.369 e. The van der Waals surface area contributed by atoms with Crippen molar-refractivity contribution in [1.82, 2.24) is 0 Å². The van der Waals surface area contributed by atoms with Crippen LogP contribution in [0.4, 0.5) is 0 Å². The molecule has 0 bridgehead atoms. The van der Waals surface area contributed by atoms with Gasteiger partial charge in [0, 0.05) is 6.42 Å². The first kappa shape index (κ1) is 8.73. The molecule has 2 atom stereocenters. The van der Waals surface area contributed by atoms with Gasteiger partial charge in [0.2, 0.25) is 5.91 Å². The number of fused-ring (bicyclic) bond motifs is 1. The van der Waals surface area contributed by atoms with Crippen LogP contribution in [0.3, 0.4) is 0 Å². The van der Waals surface area contributed by atoms with Gasteiger partial charge >= 0.3 is 0 Å². The monoisotopic (exact) mass is 181 g/mol. The molecule has 0 unspecified atom stereocenters. The smallest absolute Gasteiger partial charge is 0.231 e. The van der Waals surface area contributed by atoms with Gasteiger partial charge in [0.25, 0.3) is 0 Å². The molecule has 3 nitrogen and oxygen atoms in total. The van der Waals surface area contributed by atoms with Gasteiger partial charge in [0.15, 0.2) is 0 Å². The van der Waals surface area contributed by atoms with Crippen LogP contribution in [-0.4, -0.2) is 11.7 Å². The van der Waals surface area contributed by atoms with Crippen molar-refractivity contribution < 1.29 is 9.59 Å². The molecule has 2 saturated carbocycles. The van der Waals surface area contributed by atoms with Crippen molar-refractivity contribution in [2.24, 2.45) is 17.1 Å². The molecule has 1 amide bonds. The summed E-state index contributed by atoms with van der Waals surface area (Å²) >= 11 is 0. The summed E-state index contributed by atoms with van der Waals surface area (Å²) in [5.74, 6) is -0.0179. The lowest BCUT2D eigenvalue weighted by atomic mass is 9.67. The van der Waals surface area contributed by atoms with E-state index in [1.165, 1.54) is 0 Å². The minimum atomic E-state index is -0.752. The standard InChI is InChI=1S/C10H15NO2/c11-9(13)10-6-2-1-3-7(10)4-5-8(10)12/h7H,1-6H2,(H2,11,13)/t7-,10-/m1/s1. The van der Waals surface area contributed by atoms with Gasteiger partial charge in [-0.15, -0.1) is 0 Å². The van der Waals surface area contributed by atoms with Gasteiger partial charge in [0.05, 0.1) is 0 Å². The minimum absolute atomic E-state index is 0.102. The van der Waals surface area contributed by atoms with Crippen LogP contribution >= 0.6 is 0 Å². The van der Waals surface area contributed by atoms with E-state index in [4.69, 9.17) is 5.73 Å². The fourth-order valence-corrected chi connectivity index (χ4v) is 2.99. The molecule has 2 aliphatic carbocycles. The Morgan fingerprint density at radius 3 is 2.77 bits per heavy atom. The van der Waals surface area contributed by atoms with Crippen molar-refractivity contribution in [3.63, 3.8) is 0 Å². The van der Waals surface area contributed by atoms with E-state index in [2.05, 4.69) is 0 Å². The first-order chi connectivity index (χ1) is 6.18. The number of hydrogen-bond acceptors (Lipinski definition) is 2. The van der Waals surface area contributed by atoms with E-state index in [9.17, 15) is 9.59 Å². The number of nitrogens with two attached hydrogens (primary N) is 1. The topological polar surface area (TPSA) is 60.2 Å². The van der Waals surface area contributed by atoms with E-state index in [-0.39, 0.29) is 17.6 Å². The highest BCUT2D eigenvalue weighted by atomic mass is 16.2. The van der Waals surface area contributed by atoms with Gasteiger partial charge in [-0.25, -0.2) is 0 Å². The number of hydrogen-bond donors (Lipinski definition) is 1. The third kappa shape index (κ3) is 1.02. The summed E-state index contributed by atoms with van der Waals surface area (Å²) in [4.78, 5) is 23.0. The van der Waals surface area contributed by atoms with Crippen molar-refractivity contribution in [1.29, 1.82) is 0 Å². The molecule has 2 N–H and O–H groups in total. The summed E-state index contributed by atoms with van der Waals surface area (Å²) in [7, 11) is 0. The molecule has 13 heavy (non-hydrogen) atoms. The second kappa shape index (κ2) is 2.82. The van der Waals surface area contributed by atoms with Crippen molar-refractivity contribution in [2.45, 2.75) is 38.5 Å². The third-order valence-corrected chi connectivity index (χ3v) is 3.73. The van der Waals surface area contributed by atoms with Crippen LogP contribution in [0.25, 0.3) is 0 Å². The Kier molecular flexibility index (Phi) is 1.90. The SMILES string of the molecule is NC(=O)[C@]12CCCC[C@@H]1CCC2=O. The van der Waals surface area contributed by atoms with Gasteiger partial charge < -0.3 is 5.73 Å². The van der Waals surface area contributed by atoms with Gasteiger partial charge in [-0.1, -0.05) is 12.8 Å². The summed E-state index contributed by atoms with van der Waals surface area (Å²) in [6.45, 7) is 0. The molecule has 2 rings (SSSR count). The Balaban J connectivity index is 2.36. The number of carbonyl (C=O) groups is 2. The molecule has 0 spiro atoms. The van der Waals surface area contributed by atoms with E-state index >= 15 is 0 Å². The van der Waals surface area contributed by atoms with E-state index in [1.54, 1.807) is 0 Å². The zero-order chi connectivity index (χ0) is 9.47. The normalized spacial score (nSPS) is 38.8. The van der Waals surface area contributed by atoms with Gasteiger partial charge in [-0.05, 0) is 25.2 Å². The Bertz CT molecular complexity index is 262. The molecule has 0 aromatic carbocycles. The number of amides is 1. The second-order valence-corrected chi connectivity index (χ2v) is 4.24. The molecular formula is C10H15NO2. The highest BCUT2D eigenvalue weighted by Crippen LogP contribution is 2.49. The van der Waals surface area contributed by atoms with Crippen LogP contribution in [0.5, 0.6) is 0 Å². The fraction of sp³-hybridized carbons (Fsp3) is 0.800. The molecular weight excluding hydrogens is 166 g/mol. The first-order valence-corrected chi connectivity index (χ1v) is 5.01. The predicted molar refractivity (Wildman–Crippen MR) is 47.8 cm³/mol. The molecule has 0 radical (unpaired) electrons. The minimum Gasteiger partial charge on any atom is -0.369 e. The quantitative estimate of drug-likeness (QED) is 0.614. The highest BCUT2D eigenvalue weighted by Gasteiger charge is 2.54. The molecule has 2 fully saturated rings. The molecule has 72 valence electrons. The highest BCUT2D eigenvalue weighted by molar-refractivity contribution is 6.07. The van der Waals surface area contributed by atoms with E-state index < -0.39 is 5.41 Å². The number of carbonyl (C=O) groups excluding carboxylic acids is 2. The summed E-state index contributed by atoms with van der Waals surface area (Å²) < 4.78 is 0. The van der Waals surface area contributed by atoms with Crippen LogP contribution in [0.2, 0.25) is 0 Å². The van der Waals surface area contributed by atoms with Crippen molar-refractivity contribution >= 4 is 11.7 Å². The lowest BCUT2D eigenvalue weighted by molar-refractivity contribution is -0.142. The van der Waals surface area contributed by atoms with Crippen LogP contribution in [-0.2, 0) is 9.59 Å². The zero-order valence-electron chi connectivity index (χ0n) is 7.71. The van der Waals surface area contributed by atoms with Gasteiger partial charge in [0.1, 0.15) is 11.2 Å². The fourth-order valence-electron chi connectivity index (χ4n) is 2.99. The molecule has 0 aromatic rings. The molecule has 3 heteroatoms. The summed E-state index contributed by atoms with van der Waals surface area (Å²) in [5, 5.41) is 0. The molecule has 2 aliphatic rings. The van der Waals surface area contributed by atoms with Gasteiger partial charge in [-0.2, -0.15) is 0 Å². The van der Waals surface area contributed by atoms with Crippen LogP contribution in [0, 0.1) is 11.3 Å². The predicted octanol–water partition coefficient (Wildman–Crippen LogP) is 1.01. The average molecular weight is 181 g/mol. The van der Waals surface area contributed by atoms with Gasteiger partial charge in [-0.3, -0.25) is 9.59 Å². The van der Waals surface area contributed by atoms with Crippen LogP contribution in [0.1, 0.15) is 38.5 Å². The van der Waals surface area contributed by atoms with Crippen LogP contribution < -0.4 is 5.73 Å². The average Bonchev–Trinajstić information content (AvgIpc) is 2.46. The van der Waals surface area contributed by atoms with Crippen LogP contribution in [0.15, 0.2) is 0 Å². The lowest BCUT2D eigenvalue weighted by Gasteiger charge is -2.34. The third-order valence-electron chi connectivity index (χ3n) is 3.73. The number of ketones is 1. The van der Waals surface area contributed by atoms with Crippen molar-refractivity contribution in [3.8, 4) is 0 Å². The van der Waals surface area contributed by atoms with E-state index in [1.807, 2.05) is 0 Å². The maximum absolute atomic E-state index is 11.7. The Labute approximate surface area is 77.7 Å². The zero-order valence-corrected chi connectivity index (χ0v) is 7.71. The summed E-state index contributed by atoms with van der Waals surface area (Å²) in [5.41, 5.74) is 4.62. The number of primary amides is 1. The summed E-state index contributed by atoms with van der Waals surface area (Å²) in [6, 6.07) is 0.